The SMILES string of the molecule is COc1cccc(C2C(C(N)=O)=C(C)NC(C)=C2C(=O)NCCCN2CCC(c3ccccc3)(c3ccccc3)CC2)c1. The summed E-state index contributed by atoms with van der Waals surface area (Å²) in [5.74, 6) is -0.683. The minimum atomic E-state index is -0.583. The second-order valence-electron chi connectivity index (χ2n) is 11.5. The largest absolute Gasteiger partial charge is 0.497 e. The van der Waals surface area contributed by atoms with Gasteiger partial charge in [0.15, 0.2) is 0 Å². The van der Waals surface area contributed by atoms with Gasteiger partial charge in [0.25, 0.3) is 0 Å². The lowest BCUT2D eigenvalue weighted by Crippen LogP contribution is -2.44. The van der Waals surface area contributed by atoms with Gasteiger partial charge in [0.2, 0.25) is 11.8 Å². The number of nitrogens with one attached hydrogen (secondary N) is 2. The number of dihydropyridines is 1. The van der Waals surface area contributed by atoms with Crippen molar-refractivity contribution < 1.29 is 14.3 Å². The van der Waals surface area contributed by atoms with Crippen LogP contribution >= 0.6 is 0 Å². The van der Waals surface area contributed by atoms with Crippen molar-refractivity contribution in [2.75, 3.05) is 33.3 Å². The average Bonchev–Trinajstić information content (AvgIpc) is 3.03. The van der Waals surface area contributed by atoms with Gasteiger partial charge in [-0.25, -0.2) is 0 Å². The number of carbonyl (C=O) groups excluding carboxylic acids is 2. The summed E-state index contributed by atoms with van der Waals surface area (Å²) in [6.07, 6.45) is 2.93. The Morgan fingerprint density at radius 1 is 0.907 bits per heavy atom. The van der Waals surface area contributed by atoms with Crippen LogP contribution in [0.4, 0.5) is 0 Å². The predicted molar refractivity (Wildman–Crippen MR) is 170 cm³/mol. The summed E-state index contributed by atoms with van der Waals surface area (Å²) >= 11 is 0. The van der Waals surface area contributed by atoms with Gasteiger partial charge in [-0.1, -0.05) is 72.8 Å². The monoisotopic (exact) mass is 578 g/mol. The second kappa shape index (κ2) is 13.3. The number of piperidine rings is 1. The van der Waals surface area contributed by atoms with Gasteiger partial charge in [-0.3, -0.25) is 9.59 Å². The van der Waals surface area contributed by atoms with E-state index >= 15 is 0 Å². The molecule has 43 heavy (non-hydrogen) atoms. The summed E-state index contributed by atoms with van der Waals surface area (Å²) in [4.78, 5) is 28.7. The molecule has 2 amide bonds. The molecule has 1 saturated heterocycles. The summed E-state index contributed by atoms with van der Waals surface area (Å²) < 4.78 is 5.42. The normalized spacial score (nSPS) is 18.6. The number of likely N-dealkylation sites (tertiary alicyclic amines) is 1. The third-order valence-corrected chi connectivity index (χ3v) is 9.00. The van der Waals surface area contributed by atoms with Crippen molar-refractivity contribution >= 4 is 11.8 Å². The topological polar surface area (TPSA) is 96.7 Å². The Bertz CT molecular complexity index is 1460. The van der Waals surface area contributed by atoms with Crippen LogP contribution in [0.25, 0.3) is 0 Å². The van der Waals surface area contributed by atoms with Crippen LogP contribution in [-0.2, 0) is 15.0 Å². The number of hydrogen-bond donors (Lipinski definition) is 3. The number of primary amides is 1. The summed E-state index contributed by atoms with van der Waals surface area (Å²) in [6, 6.07) is 29.2. The van der Waals surface area contributed by atoms with Crippen molar-refractivity contribution in [2.24, 2.45) is 5.73 Å². The number of benzene rings is 3. The van der Waals surface area contributed by atoms with Gasteiger partial charge in [0.1, 0.15) is 5.75 Å². The van der Waals surface area contributed by atoms with E-state index in [4.69, 9.17) is 10.5 Å². The Balaban J connectivity index is 1.23. The lowest BCUT2D eigenvalue weighted by atomic mass is 9.68. The smallest absolute Gasteiger partial charge is 0.249 e. The Hall–Kier alpha value is -4.36. The van der Waals surface area contributed by atoms with Crippen LogP contribution in [0.1, 0.15) is 55.7 Å². The van der Waals surface area contributed by atoms with Crippen LogP contribution in [0.5, 0.6) is 5.75 Å². The zero-order valence-electron chi connectivity index (χ0n) is 25.4. The van der Waals surface area contributed by atoms with Crippen molar-refractivity contribution in [1.29, 1.82) is 0 Å². The van der Waals surface area contributed by atoms with Crippen molar-refractivity contribution in [3.05, 3.63) is 124 Å². The number of ether oxygens (including phenoxy) is 1. The van der Waals surface area contributed by atoms with Gasteiger partial charge in [-0.2, -0.15) is 0 Å². The summed E-state index contributed by atoms with van der Waals surface area (Å²) in [6.45, 7) is 7.11. The lowest BCUT2D eigenvalue weighted by Gasteiger charge is -2.43. The first kappa shape index (κ1) is 30.1. The number of rotatable bonds is 10. The number of hydrogen-bond acceptors (Lipinski definition) is 5. The van der Waals surface area contributed by atoms with E-state index in [2.05, 4.69) is 76.2 Å². The fraction of sp³-hybridized carbons (Fsp3) is 0.333. The molecule has 1 atom stereocenters. The molecule has 3 aromatic rings. The summed E-state index contributed by atoms with van der Waals surface area (Å²) in [5, 5.41) is 6.33. The molecule has 0 bridgehead atoms. The zero-order chi connectivity index (χ0) is 30.4. The van der Waals surface area contributed by atoms with E-state index < -0.39 is 11.8 Å². The third kappa shape index (κ3) is 6.37. The van der Waals surface area contributed by atoms with Crippen LogP contribution < -0.4 is 21.1 Å². The van der Waals surface area contributed by atoms with Crippen LogP contribution in [0.15, 0.2) is 107 Å². The van der Waals surface area contributed by atoms with Gasteiger partial charge < -0.3 is 26.0 Å². The molecular weight excluding hydrogens is 536 g/mol. The average molecular weight is 579 g/mol. The number of nitrogens with zero attached hydrogens (tertiary/aromatic N) is 1. The quantitative estimate of drug-likeness (QED) is 0.294. The number of carbonyl (C=O) groups is 2. The minimum absolute atomic E-state index is 0.0180. The molecule has 2 aliphatic heterocycles. The van der Waals surface area contributed by atoms with E-state index in [-0.39, 0.29) is 11.3 Å². The summed E-state index contributed by atoms with van der Waals surface area (Å²) in [5.41, 5.74) is 11.6. The molecule has 0 saturated carbocycles. The molecule has 1 fully saturated rings. The molecular formula is C36H42N4O3. The Labute approximate surface area is 254 Å². The lowest BCUT2D eigenvalue weighted by molar-refractivity contribution is -0.117. The third-order valence-electron chi connectivity index (χ3n) is 9.00. The second-order valence-corrected chi connectivity index (χ2v) is 11.5. The van der Waals surface area contributed by atoms with E-state index in [1.807, 2.05) is 38.1 Å². The van der Waals surface area contributed by atoms with Crippen LogP contribution in [0.2, 0.25) is 0 Å². The van der Waals surface area contributed by atoms with E-state index in [9.17, 15) is 9.59 Å². The molecule has 3 aromatic carbocycles. The minimum Gasteiger partial charge on any atom is -0.497 e. The first-order valence-electron chi connectivity index (χ1n) is 15.1. The van der Waals surface area contributed by atoms with Gasteiger partial charge in [-0.05, 0) is 81.6 Å². The molecule has 7 heteroatoms. The fourth-order valence-corrected chi connectivity index (χ4v) is 6.79. The first-order valence-corrected chi connectivity index (χ1v) is 15.1. The summed E-state index contributed by atoms with van der Waals surface area (Å²) in [7, 11) is 1.60. The highest BCUT2D eigenvalue weighted by Crippen LogP contribution is 2.42. The fourth-order valence-electron chi connectivity index (χ4n) is 6.79. The van der Waals surface area contributed by atoms with Crippen molar-refractivity contribution in [1.82, 2.24) is 15.5 Å². The van der Waals surface area contributed by atoms with Crippen molar-refractivity contribution in [3.8, 4) is 5.75 Å². The highest BCUT2D eigenvalue weighted by Gasteiger charge is 2.38. The molecule has 0 aliphatic carbocycles. The molecule has 1 unspecified atom stereocenters. The van der Waals surface area contributed by atoms with E-state index in [1.54, 1.807) is 7.11 Å². The number of methoxy groups -OCH3 is 1. The molecule has 2 aliphatic rings. The maximum absolute atomic E-state index is 13.6. The van der Waals surface area contributed by atoms with Crippen LogP contribution in [-0.4, -0.2) is 50.0 Å². The number of amides is 2. The standard InChI is InChI=1S/C36H42N4O3/c1-25-31(34(37)41)33(27-12-10-17-30(24-27)43-3)32(26(2)39-25)35(42)38-20-11-21-40-22-18-36(19-23-40,28-13-6-4-7-14-28)29-15-8-5-9-16-29/h4-10,12-17,24,33,39H,11,18-23H2,1-3H3,(H2,37,41)(H,38,42). The molecule has 224 valence electrons. The number of nitrogens with two attached hydrogens (primary N) is 1. The highest BCUT2D eigenvalue weighted by molar-refractivity contribution is 6.03. The maximum atomic E-state index is 13.6. The number of allylic oxidation sites excluding steroid dienone is 2. The molecule has 5 rings (SSSR count). The molecule has 4 N–H and O–H groups in total. The highest BCUT2D eigenvalue weighted by atomic mass is 16.5. The van der Waals surface area contributed by atoms with Crippen LogP contribution in [0, 0.1) is 0 Å². The Kier molecular flexibility index (Phi) is 9.31. The molecule has 7 nitrogen and oxygen atoms in total. The maximum Gasteiger partial charge on any atom is 0.249 e. The molecule has 2 heterocycles. The Morgan fingerprint density at radius 2 is 1.51 bits per heavy atom. The molecule has 0 radical (unpaired) electrons. The molecule has 0 spiro atoms. The van der Waals surface area contributed by atoms with E-state index in [1.165, 1.54) is 11.1 Å². The zero-order valence-corrected chi connectivity index (χ0v) is 25.4. The van der Waals surface area contributed by atoms with Crippen molar-refractivity contribution in [2.45, 2.75) is 44.4 Å². The van der Waals surface area contributed by atoms with E-state index in [0.29, 0.717) is 34.8 Å². The van der Waals surface area contributed by atoms with E-state index in [0.717, 1.165) is 44.5 Å². The van der Waals surface area contributed by atoms with Gasteiger partial charge >= 0.3 is 0 Å². The van der Waals surface area contributed by atoms with Gasteiger partial charge in [0.05, 0.1) is 7.11 Å². The predicted octanol–water partition coefficient (Wildman–Crippen LogP) is 5.00. The first-order chi connectivity index (χ1) is 20.8. The van der Waals surface area contributed by atoms with Crippen molar-refractivity contribution in [3.63, 3.8) is 0 Å². The molecule has 0 aromatic heterocycles. The Morgan fingerprint density at radius 3 is 2.09 bits per heavy atom. The van der Waals surface area contributed by atoms with Gasteiger partial charge in [-0.15, -0.1) is 0 Å². The van der Waals surface area contributed by atoms with Gasteiger partial charge in [0, 0.05) is 40.4 Å². The van der Waals surface area contributed by atoms with Crippen LogP contribution in [0.3, 0.4) is 0 Å².